The second-order valence-electron chi connectivity index (χ2n) is 5.51. The van der Waals surface area contributed by atoms with Gasteiger partial charge in [0.1, 0.15) is 5.76 Å². The van der Waals surface area contributed by atoms with E-state index in [2.05, 4.69) is 46.1 Å². The molecule has 1 aliphatic rings. The highest BCUT2D eigenvalue weighted by atomic mass is 16.5. The minimum Gasteiger partial charge on any atom is -0.369 e. The van der Waals surface area contributed by atoms with Crippen LogP contribution in [0.3, 0.4) is 0 Å². The molecule has 0 aliphatic carbocycles. The first-order chi connectivity index (χ1) is 9.72. The molecule has 2 aromatic rings. The summed E-state index contributed by atoms with van der Waals surface area (Å²) in [5.74, 6) is 0.936. The topological polar surface area (TPSA) is 32.5 Å². The molecule has 1 saturated heterocycles. The van der Waals surface area contributed by atoms with E-state index in [0.717, 1.165) is 38.5 Å². The molecule has 4 heteroatoms. The Morgan fingerprint density at radius 1 is 1.15 bits per heavy atom. The van der Waals surface area contributed by atoms with E-state index < -0.39 is 0 Å². The average molecular weight is 271 g/mol. The van der Waals surface area contributed by atoms with Crippen molar-refractivity contribution in [1.29, 1.82) is 0 Å². The second-order valence-corrected chi connectivity index (χ2v) is 5.51. The van der Waals surface area contributed by atoms with Crippen LogP contribution in [0.4, 0.5) is 5.69 Å². The normalized spacial score (nSPS) is 16.6. The van der Waals surface area contributed by atoms with Gasteiger partial charge in [0.05, 0.1) is 6.20 Å². The zero-order chi connectivity index (χ0) is 13.9. The quantitative estimate of drug-likeness (QED) is 0.859. The van der Waals surface area contributed by atoms with Gasteiger partial charge in [-0.3, -0.25) is 4.90 Å². The highest BCUT2D eigenvalue weighted by Gasteiger charge is 2.18. The maximum atomic E-state index is 5.12. The fourth-order valence-corrected chi connectivity index (χ4v) is 2.70. The first-order valence-electron chi connectivity index (χ1n) is 7.16. The maximum absolute atomic E-state index is 5.12. The summed E-state index contributed by atoms with van der Waals surface area (Å²) in [5, 5.41) is 3.85. The lowest BCUT2D eigenvalue weighted by atomic mass is 10.2. The van der Waals surface area contributed by atoms with Crippen molar-refractivity contribution in [2.75, 3.05) is 31.1 Å². The van der Waals surface area contributed by atoms with Crippen LogP contribution in [0.1, 0.15) is 16.9 Å². The van der Waals surface area contributed by atoms with E-state index in [0.29, 0.717) is 0 Å². The van der Waals surface area contributed by atoms with Gasteiger partial charge >= 0.3 is 0 Å². The highest BCUT2D eigenvalue weighted by molar-refractivity contribution is 5.48. The predicted octanol–water partition coefficient (Wildman–Crippen LogP) is 2.61. The number of piperazine rings is 1. The van der Waals surface area contributed by atoms with Crippen molar-refractivity contribution in [3.63, 3.8) is 0 Å². The van der Waals surface area contributed by atoms with Crippen molar-refractivity contribution < 1.29 is 4.52 Å². The van der Waals surface area contributed by atoms with Gasteiger partial charge in [-0.15, -0.1) is 0 Å². The summed E-state index contributed by atoms with van der Waals surface area (Å²) in [6, 6.07) is 8.75. The standard InChI is InChI=1S/C16H21N3O/c1-13-4-3-5-16(10-13)19-8-6-18(7-9-19)12-15-11-17-20-14(15)2/h3-5,10-11H,6-9,12H2,1-2H3. The number of hydrogen-bond acceptors (Lipinski definition) is 4. The molecule has 0 spiro atoms. The molecule has 1 fully saturated rings. The van der Waals surface area contributed by atoms with Crippen LogP contribution in [0, 0.1) is 13.8 Å². The maximum Gasteiger partial charge on any atom is 0.138 e. The molecule has 0 bridgehead atoms. The van der Waals surface area contributed by atoms with Crippen molar-refractivity contribution in [3.8, 4) is 0 Å². The molecular weight excluding hydrogens is 250 g/mol. The Balaban J connectivity index is 1.58. The molecule has 0 saturated carbocycles. The van der Waals surface area contributed by atoms with Crippen LogP contribution in [0.2, 0.25) is 0 Å². The van der Waals surface area contributed by atoms with E-state index in [4.69, 9.17) is 4.52 Å². The molecule has 0 radical (unpaired) electrons. The van der Waals surface area contributed by atoms with E-state index in [1.807, 2.05) is 13.1 Å². The first-order valence-corrected chi connectivity index (χ1v) is 7.16. The fourth-order valence-electron chi connectivity index (χ4n) is 2.70. The lowest BCUT2D eigenvalue weighted by molar-refractivity contribution is 0.248. The molecule has 4 nitrogen and oxygen atoms in total. The van der Waals surface area contributed by atoms with Gasteiger partial charge in [0.2, 0.25) is 0 Å². The minimum atomic E-state index is 0.936. The molecule has 0 amide bonds. The zero-order valence-electron chi connectivity index (χ0n) is 12.2. The van der Waals surface area contributed by atoms with Crippen LogP contribution in [0.5, 0.6) is 0 Å². The first kappa shape index (κ1) is 13.2. The third-order valence-corrected chi connectivity index (χ3v) is 3.98. The summed E-state index contributed by atoms with van der Waals surface area (Å²) in [6.45, 7) is 9.38. The van der Waals surface area contributed by atoms with Gasteiger partial charge in [-0.25, -0.2) is 0 Å². The summed E-state index contributed by atoms with van der Waals surface area (Å²) >= 11 is 0. The van der Waals surface area contributed by atoms with Crippen LogP contribution in [-0.2, 0) is 6.54 Å². The van der Waals surface area contributed by atoms with Crippen LogP contribution >= 0.6 is 0 Å². The Morgan fingerprint density at radius 2 is 1.95 bits per heavy atom. The van der Waals surface area contributed by atoms with Crippen LogP contribution in [0.15, 0.2) is 35.0 Å². The van der Waals surface area contributed by atoms with E-state index >= 15 is 0 Å². The van der Waals surface area contributed by atoms with Gasteiger partial charge in [-0.2, -0.15) is 0 Å². The summed E-state index contributed by atoms with van der Waals surface area (Å²) < 4.78 is 5.12. The highest BCUT2D eigenvalue weighted by Crippen LogP contribution is 2.19. The Hall–Kier alpha value is -1.81. The van der Waals surface area contributed by atoms with Crippen LogP contribution in [-0.4, -0.2) is 36.2 Å². The van der Waals surface area contributed by atoms with E-state index in [-0.39, 0.29) is 0 Å². The van der Waals surface area contributed by atoms with Gasteiger partial charge in [0.25, 0.3) is 0 Å². The van der Waals surface area contributed by atoms with Crippen molar-refractivity contribution in [2.45, 2.75) is 20.4 Å². The minimum absolute atomic E-state index is 0.936. The molecule has 106 valence electrons. The van der Waals surface area contributed by atoms with Crippen molar-refractivity contribution in [3.05, 3.63) is 47.3 Å². The van der Waals surface area contributed by atoms with E-state index in [1.54, 1.807) is 0 Å². The number of anilines is 1. The Bertz CT molecular complexity index is 571. The molecule has 0 N–H and O–H groups in total. The van der Waals surface area contributed by atoms with E-state index in [1.165, 1.54) is 16.8 Å². The van der Waals surface area contributed by atoms with Crippen molar-refractivity contribution >= 4 is 5.69 Å². The number of benzene rings is 1. The Labute approximate surface area is 120 Å². The second kappa shape index (κ2) is 5.67. The van der Waals surface area contributed by atoms with Gasteiger partial charge in [0.15, 0.2) is 0 Å². The van der Waals surface area contributed by atoms with Crippen LogP contribution in [0.25, 0.3) is 0 Å². The molecular formula is C16H21N3O. The summed E-state index contributed by atoms with van der Waals surface area (Å²) in [5.41, 5.74) is 3.87. The lowest BCUT2D eigenvalue weighted by Gasteiger charge is -2.36. The Kier molecular flexibility index (Phi) is 3.74. The number of rotatable bonds is 3. The number of hydrogen-bond donors (Lipinski definition) is 0. The SMILES string of the molecule is Cc1cccc(N2CCN(Cc3cnoc3C)CC2)c1. The summed E-state index contributed by atoms with van der Waals surface area (Å²) in [6.07, 6.45) is 1.84. The smallest absolute Gasteiger partial charge is 0.138 e. The zero-order valence-corrected chi connectivity index (χ0v) is 12.2. The molecule has 2 heterocycles. The van der Waals surface area contributed by atoms with Crippen molar-refractivity contribution in [2.24, 2.45) is 0 Å². The number of aryl methyl sites for hydroxylation is 2. The molecule has 20 heavy (non-hydrogen) atoms. The number of nitrogens with zero attached hydrogens (tertiary/aromatic N) is 3. The van der Waals surface area contributed by atoms with Crippen LogP contribution < -0.4 is 4.90 Å². The van der Waals surface area contributed by atoms with Gasteiger partial charge < -0.3 is 9.42 Å². The Morgan fingerprint density at radius 3 is 2.60 bits per heavy atom. The van der Waals surface area contributed by atoms with Gasteiger partial charge in [-0.05, 0) is 31.5 Å². The lowest BCUT2D eigenvalue weighted by Crippen LogP contribution is -2.46. The monoisotopic (exact) mass is 271 g/mol. The molecule has 1 aliphatic heterocycles. The van der Waals surface area contributed by atoms with Gasteiger partial charge in [-0.1, -0.05) is 17.3 Å². The molecule has 1 aromatic heterocycles. The van der Waals surface area contributed by atoms with Gasteiger partial charge in [0, 0.05) is 44.0 Å². The molecule has 3 rings (SSSR count). The average Bonchev–Trinajstić information content (AvgIpc) is 2.85. The summed E-state index contributed by atoms with van der Waals surface area (Å²) in [7, 11) is 0. The molecule has 0 atom stereocenters. The van der Waals surface area contributed by atoms with E-state index in [9.17, 15) is 0 Å². The third-order valence-electron chi connectivity index (χ3n) is 3.98. The van der Waals surface area contributed by atoms with Crippen molar-refractivity contribution in [1.82, 2.24) is 10.1 Å². The number of aromatic nitrogens is 1. The fraction of sp³-hybridized carbons (Fsp3) is 0.438. The summed E-state index contributed by atoms with van der Waals surface area (Å²) in [4.78, 5) is 4.93. The predicted molar refractivity (Wildman–Crippen MR) is 79.9 cm³/mol. The molecule has 0 unspecified atom stereocenters. The largest absolute Gasteiger partial charge is 0.369 e. The third kappa shape index (κ3) is 2.85. The molecule has 1 aromatic carbocycles.